The van der Waals surface area contributed by atoms with Gasteiger partial charge in [-0.3, -0.25) is 4.79 Å². The van der Waals surface area contributed by atoms with Gasteiger partial charge in [0.15, 0.2) is 17.3 Å². The molecule has 0 saturated heterocycles. The lowest BCUT2D eigenvalue weighted by Gasteiger charge is -2.13. The van der Waals surface area contributed by atoms with Gasteiger partial charge in [-0.25, -0.2) is 14.5 Å². The third-order valence-electron chi connectivity index (χ3n) is 5.06. The third kappa shape index (κ3) is 3.71. The van der Waals surface area contributed by atoms with Crippen molar-refractivity contribution in [2.24, 2.45) is 0 Å². The number of anilines is 1. The van der Waals surface area contributed by atoms with E-state index in [9.17, 15) is 14.7 Å². The summed E-state index contributed by atoms with van der Waals surface area (Å²) in [6.07, 6.45) is 1.42. The van der Waals surface area contributed by atoms with E-state index in [1.165, 1.54) is 32.5 Å². The second-order valence-electron chi connectivity index (χ2n) is 6.93. The fourth-order valence-corrected chi connectivity index (χ4v) is 3.39. The van der Waals surface area contributed by atoms with Crippen molar-refractivity contribution in [3.8, 4) is 17.3 Å². The summed E-state index contributed by atoms with van der Waals surface area (Å²) in [5.74, 6) is -0.620. The predicted octanol–water partition coefficient (Wildman–Crippen LogP) is 3.70. The van der Waals surface area contributed by atoms with E-state index in [0.29, 0.717) is 17.3 Å². The average molecular weight is 432 g/mol. The number of pyridine rings is 1. The van der Waals surface area contributed by atoms with E-state index >= 15 is 0 Å². The fraction of sp³-hybridized carbons (Fsp3) is 0.130. The first-order valence-corrected chi connectivity index (χ1v) is 9.64. The molecule has 0 saturated carbocycles. The molecule has 0 aliphatic carbocycles. The number of rotatable bonds is 6. The Kier molecular flexibility index (Phi) is 5.46. The van der Waals surface area contributed by atoms with Crippen molar-refractivity contribution >= 4 is 28.5 Å². The number of ether oxygens (including phenoxy) is 2. The number of carboxylic acids is 1. The molecule has 0 atom stereocenters. The van der Waals surface area contributed by atoms with Gasteiger partial charge >= 0.3 is 5.97 Å². The number of carbonyl (C=O) groups excluding carboxylic acids is 1. The Morgan fingerprint density at radius 2 is 1.72 bits per heavy atom. The van der Waals surface area contributed by atoms with Crippen LogP contribution in [0, 0.1) is 6.92 Å². The average Bonchev–Trinajstić information content (AvgIpc) is 3.19. The summed E-state index contributed by atoms with van der Waals surface area (Å²) in [6, 6.07) is 14.2. The lowest BCUT2D eigenvalue weighted by atomic mass is 10.1. The van der Waals surface area contributed by atoms with Crippen molar-refractivity contribution in [3.05, 3.63) is 71.5 Å². The first-order valence-electron chi connectivity index (χ1n) is 9.64. The molecule has 2 N–H and O–H groups in total. The van der Waals surface area contributed by atoms with Crippen molar-refractivity contribution in [1.82, 2.24) is 14.8 Å². The number of aromatic carboxylic acids is 1. The largest absolute Gasteiger partial charge is 0.493 e. The van der Waals surface area contributed by atoms with Gasteiger partial charge in [0, 0.05) is 17.5 Å². The molecule has 0 fully saturated rings. The van der Waals surface area contributed by atoms with Crippen LogP contribution in [-0.2, 0) is 0 Å². The van der Waals surface area contributed by atoms with Crippen LogP contribution in [0.15, 0.2) is 54.7 Å². The molecule has 0 unspecified atom stereocenters. The molecule has 0 aliphatic heterocycles. The molecule has 9 heteroatoms. The van der Waals surface area contributed by atoms with Gasteiger partial charge in [-0.05, 0) is 25.1 Å². The van der Waals surface area contributed by atoms with Crippen LogP contribution in [0.5, 0.6) is 11.5 Å². The maximum atomic E-state index is 13.0. The number of hydrogen-bond acceptors (Lipinski definition) is 6. The molecule has 0 bridgehead atoms. The van der Waals surface area contributed by atoms with Gasteiger partial charge in [-0.2, -0.15) is 5.10 Å². The van der Waals surface area contributed by atoms with E-state index in [-0.39, 0.29) is 22.6 Å². The smallest absolute Gasteiger partial charge is 0.337 e. The summed E-state index contributed by atoms with van der Waals surface area (Å²) in [5, 5.41) is 17.5. The Hall–Kier alpha value is -4.40. The normalized spacial score (nSPS) is 10.7. The van der Waals surface area contributed by atoms with E-state index < -0.39 is 11.9 Å². The maximum absolute atomic E-state index is 13.0. The minimum absolute atomic E-state index is 0.0798. The number of nitrogens with one attached hydrogen (secondary N) is 1. The number of nitrogens with zero attached hydrogens (tertiary/aromatic N) is 3. The lowest BCUT2D eigenvalue weighted by molar-refractivity contribution is 0.0697. The second kappa shape index (κ2) is 8.38. The van der Waals surface area contributed by atoms with E-state index in [2.05, 4.69) is 15.4 Å². The fourth-order valence-electron chi connectivity index (χ4n) is 3.39. The van der Waals surface area contributed by atoms with Crippen molar-refractivity contribution < 1.29 is 24.2 Å². The highest BCUT2D eigenvalue weighted by atomic mass is 16.5. The van der Waals surface area contributed by atoms with Crippen molar-refractivity contribution in [2.75, 3.05) is 19.5 Å². The molecule has 2 heterocycles. The molecule has 0 radical (unpaired) electrons. The van der Waals surface area contributed by atoms with Gasteiger partial charge in [-0.15, -0.1) is 0 Å². The van der Waals surface area contributed by atoms with Gasteiger partial charge in [0.2, 0.25) is 0 Å². The molecule has 4 aromatic rings. The monoisotopic (exact) mass is 432 g/mol. The van der Waals surface area contributed by atoms with Crippen LogP contribution in [0.25, 0.3) is 16.7 Å². The molecule has 2 aromatic heterocycles. The highest BCUT2D eigenvalue weighted by Crippen LogP contribution is 2.33. The number of amides is 1. The summed E-state index contributed by atoms with van der Waals surface area (Å²) < 4.78 is 11.9. The van der Waals surface area contributed by atoms with Crippen LogP contribution in [-0.4, -0.2) is 46.0 Å². The zero-order valence-corrected chi connectivity index (χ0v) is 17.6. The van der Waals surface area contributed by atoms with Gasteiger partial charge < -0.3 is 19.9 Å². The quantitative estimate of drug-likeness (QED) is 0.477. The third-order valence-corrected chi connectivity index (χ3v) is 5.06. The van der Waals surface area contributed by atoms with Gasteiger partial charge in [-0.1, -0.05) is 18.2 Å². The molecule has 0 aliphatic rings. The number of benzene rings is 2. The first kappa shape index (κ1) is 20.9. The Bertz CT molecular complexity index is 1350. The molecule has 4 rings (SSSR count). The number of carboxylic acid groups (broad SMARTS) is 1. The topological polar surface area (TPSA) is 116 Å². The van der Waals surface area contributed by atoms with Crippen LogP contribution in [0.4, 0.5) is 5.69 Å². The molecular weight excluding hydrogens is 412 g/mol. The molecule has 2 aromatic carbocycles. The molecule has 9 nitrogen and oxygen atoms in total. The number of carbonyl (C=O) groups is 2. The Labute approximate surface area is 183 Å². The highest BCUT2D eigenvalue weighted by Gasteiger charge is 2.21. The standard InChI is InChI=1S/C23H20N4O5/c1-13-16(12-24-27(13)21-9-8-14-6-4-5-7-17(14)25-21)22(28)26-18-11-20(32-3)19(31-2)10-15(18)23(29)30/h4-12H,1-3H3,(H,26,28)(H,29,30). The predicted molar refractivity (Wildman–Crippen MR) is 118 cm³/mol. The summed E-state index contributed by atoms with van der Waals surface area (Å²) in [5.41, 5.74) is 1.60. The van der Waals surface area contributed by atoms with Crippen molar-refractivity contribution in [2.45, 2.75) is 6.92 Å². The van der Waals surface area contributed by atoms with Gasteiger partial charge in [0.1, 0.15) is 0 Å². The zero-order chi connectivity index (χ0) is 22.8. The van der Waals surface area contributed by atoms with Crippen LogP contribution in [0.1, 0.15) is 26.4 Å². The minimum atomic E-state index is -1.21. The number of para-hydroxylation sites is 1. The second-order valence-corrected chi connectivity index (χ2v) is 6.93. The first-order chi connectivity index (χ1) is 15.4. The Morgan fingerprint density at radius 1 is 1.00 bits per heavy atom. The molecule has 162 valence electrons. The van der Waals surface area contributed by atoms with E-state index in [4.69, 9.17) is 9.47 Å². The Balaban J connectivity index is 1.68. The lowest BCUT2D eigenvalue weighted by Crippen LogP contribution is -2.16. The number of aromatic nitrogens is 3. The SMILES string of the molecule is COc1cc(NC(=O)c2cnn(-c3ccc4ccccc4n3)c2C)c(C(=O)O)cc1OC. The highest BCUT2D eigenvalue weighted by molar-refractivity contribution is 6.08. The summed E-state index contributed by atoms with van der Waals surface area (Å²) in [6.45, 7) is 1.74. The summed E-state index contributed by atoms with van der Waals surface area (Å²) in [4.78, 5) is 29.3. The minimum Gasteiger partial charge on any atom is -0.493 e. The molecule has 1 amide bonds. The van der Waals surface area contributed by atoms with E-state index in [0.717, 1.165) is 10.9 Å². The van der Waals surface area contributed by atoms with Gasteiger partial charge in [0.25, 0.3) is 5.91 Å². The van der Waals surface area contributed by atoms with Crippen LogP contribution in [0.2, 0.25) is 0 Å². The van der Waals surface area contributed by atoms with E-state index in [1.807, 2.05) is 36.4 Å². The summed E-state index contributed by atoms with van der Waals surface area (Å²) in [7, 11) is 2.83. The van der Waals surface area contributed by atoms with Crippen LogP contribution < -0.4 is 14.8 Å². The summed E-state index contributed by atoms with van der Waals surface area (Å²) >= 11 is 0. The zero-order valence-electron chi connectivity index (χ0n) is 17.6. The van der Waals surface area contributed by atoms with E-state index in [1.54, 1.807) is 11.6 Å². The van der Waals surface area contributed by atoms with Crippen molar-refractivity contribution in [1.29, 1.82) is 0 Å². The number of fused-ring (bicyclic) bond motifs is 1. The molecule has 32 heavy (non-hydrogen) atoms. The number of methoxy groups -OCH3 is 2. The maximum Gasteiger partial charge on any atom is 0.337 e. The molecular formula is C23H20N4O5. The van der Waals surface area contributed by atoms with Crippen LogP contribution in [0.3, 0.4) is 0 Å². The van der Waals surface area contributed by atoms with Gasteiger partial charge in [0.05, 0.1) is 48.4 Å². The molecule has 0 spiro atoms. The number of hydrogen-bond donors (Lipinski definition) is 2. The van der Waals surface area contributed by atoms with Crippen LogP contribution >= 0.6 is 0 Å². The van der Waals surface area contributed by atoms with Crippen molar-refractivity contribution in [3.63, 3.8) is 0 Å². The Morgan fingerprint density at radius 3 is 2.44 bits per heavy atom.